The van der Waals surface area contributed by atoms with Gasteiger partial charge in [-0.1, -0.05) is 13.8 Å². The Kier molecular flexibility index (Phi) is 6.62. The average Bonchev–Trinajstić information content (AvgIpc) is 2.42. The second-order valence-electron chi connectivity index (χ2n) is 4.49. The zero-order chi connectivity index (χ0) is 14.3. The summed E-state index contributed by atoms with van der Waals surface area (Å²) in [5.74, 6) is 1.26. The molecule has 0 aliphatic rings. The molecule has 19 heavy (non-hydrogen) atoms. The smallest absolute Gasteiger partial charge is 0.188 e. The summed E-state index contributed by atoms with van der Waals surface area (Å²) in [4.78, 5) is 0. The van der Waals surface area contributed by atoms with E-state index < -0.39 is 6.10 Å². The molecule has 0 fully saturated rings. The van der Waals surface area contributed by atoms with Gasteiger partial charge in [-0.25, -0.2) is 0 Å². The Bertz CT molecular complexity index is 378. The third kappa shape index (κ3) is 4.70. The molecule has 0 aliphatic heterocycles. The van der Waals surface area contributed by atoms with Gasteiger partial charge < -0.3 is 24.1 Å². The van der Waals surface area contributed by atoms with Crippen molar-refractivity contribution in [3.8, 4) is 11.5 Å². The minimum absolute atomic E-state index is 0.0932. The molecule has 0 saturated carbocycles. The van der Waals surface area contributed by atoms with Gasteiger partial charge in [0.1, 0.15) is 11.5 Å². The Balaban J connectivity index is 2.94. The van der Waals surface area contributed by atoms with Gasteiger partial charge in [-0.3, -0.25) is 0 Å². The highest BCUT2D eigenvalue weighted by Gasteiger charge is 2.18. The fraction of sp³-hybridized carbons (Fsp3) is 0.571. The number of aliphatic hydroxyl groups excluding tert-OH is 1. The van der Waals surface area contributed by atoms with Crippen LogP contribution in [0.2, 0.25) is 0 Å². The van der Waals surface area contributed by atoms with E-state index in [0.29, 0.717) is 11.5 Å². The molecular formula is C14H22O5. The van der Waals surface area contributed by atoms with Crippen LogP contribution in [0, 0.1) is 5.92 Å². The molecule has 0 heterocycles. The Labute approximate surface area is 114 Å². The van der Waals surface area contributed by atoms with E-state index in [9.17, 15) is 5.11 Å². The average molecular weight is 270 g/mol. The van der Waals surface area contributed by atoms with Gasteiger partial charge in [0.05, 0.1) is 6.10 Å². The maximum absolute atomic E-state index is 10.2. The van der Waals surface area contributed by atoms with Crippen molar-refractivity contribution in [3.05, 3.63) is 23.8 Å². The Morgan fingerprint density at radius 3 is 2.26 bits per heavy atom. The number of methoxy groups -OCH3 is 2. The molecule has 0 aliphatic carbocycles. The summed E-state index contributed by atoms with van der Waals surface area (Å²) in [5, 5.41) is 10.2. The van der Waals surface area contributed by atoms with Crippen LogP contribution in [0.3, 0.4) is 0 Å². The summed E-state index contributed by atoms with van der Waals surface area (Å²) in [5.41, 5.74) is 0.719. The molecule has 0 radical (unpaired) electrons. The second kappa shape index (κ2) is 7.99. The van der Waals surface area contributed by atoms with Crippen LogP contribution in [0.5, 0.6) is 11.5 Å². The Hall–Kier alpha value is -1.30. The molecular weight excluding hydrogens is 248 g/mol. The molecule has 1 rings (SSSR count). The van der Waals surface area contributed by atoms with Gasteiger partial charge in [0, 0.05) is 25.8 Å². The van der Waals surface area contributed by atoms with Crippen molar-refractivity contribution >= 4 is 0 Å². The van der Waals surface area contributed by atoms with Gasteiger partial charge >= 0.3 is 0 Å². The molecule has 108 valence electrons. The van der Waals surface area contributed by atoms with Gasteiger partial charge in [-0.15, -0.1) is 0 Å². The fourth-order valence-corrected chi connectivity index (χ4v) is 1.58. The molecule has 5 heteroatoms. The summed E-state index contributed by atoms with van der Waals surface area (Å²) in [6, 6.07) is 5.29. The Morgan fingerprint density at radius 2 is 1.68 bits per heavy atom. The van der Waals surface area contributed by atoms with Crippen molar-refractivity contribution in [3.63, 3.8) is 0 Å². The van der Waals surface area contributed by atoms with E-state index >= 15 is 0 Å². The van der Waals surface area contributed by atoms with Crippen molar-refractivity contribution in [2.24, 2.45) is 5.92 Å². The first-order chi connectivity index (χ1) is 9.10. The lowest BCUT2D eigenvalue weighted by atomic mass is 9.98. The highest BCUT2D eigenvalue weighted by atomic mass is 16.7. The molecule has 0 saturated heterocycles. The number of rotatable bonds is 8. The third-order valence-corrected chi connectivity index (χ3v) is 2.61. The van der Waals surface area contributed by atoms with Crippen molar-refractivity contribution in [2.75, 3.05) is 27.8 Å². The molecule has 1 aromatic carbocycles. The number of aliphatic hydroxyl groups is 1. The largest absolute Gasteiger partial charge is 0.467 e. The highest BCUT2D eigenvalue weighted by Crippen LogP contribution is 2.33. The highest BCUT2D eigenvalue weighted by molar-refractivity contribution is 5.42. The van der Waals surface area contributed by atoms with E-state index in [0.717, 1.165) is 5.56 Å². The van der Waals surface area contributed by atoms with Crippen LogP contribution in [-0.4, -0.2) is 32.9 Å². The molecule has 1 atom stereocenters. The molecule has 1 N–H and O–H groups in total. The SMILES string of the molecule is COCOc1ccc(C(O)C(C)C)c(OCOC)c1. The minimum atomic E-state index is -0.594. The molecule has 1 aromatic rings. The summed E-state index contributed by atoms with van der Waals surface area (Å²) < 4.78 is 20.6. The van der Waals surface area contributed by atoms with Crippen LogP contribution >= 0.6 is 0 Å². The zero-order valence-electron chi connectivity index (χ0n) is 11.9. The van der Waals surface area contributed by atoms with Gasteiger partial charge in [-0.2, -0.15) is 0 Å². The van der Waals surface area contributed by atoms with Gasteiger partial charge in [0.15, 0.2) is 13.6 Å². The molecule has 1 unspecified atom stereocenters. The van der Waals surface area contributed by atoms with Crippen molar-refractivity contribution in [1.29, 1.82) is 0 Å². The first-order valence-corrected chi connectivity index (χ1v) is 6.15. The summed E-state index contributed by atoms with van der Waals surface area (Å²) in [6.45, 7) is 4.17. The Morgan fingerprint density at radius 1 is 1.05 bits per heavy atom. The van der Waals surface area contributed by atoms with Crippen molar-refractivity contribution in [1.82, 2.24) is 0 Å². The fourth-order valence-electron chi connectivity index (χ4n) is 1.58. The molecule has 5 nitrogen and oxygen atoms in total. The van der Waals surface area contributed by atoms with Gasteiger partial charge in [0.25, 0.3) is 0 Å². The maximum atomic E-state index is 10.2. The predicted octanol–water partition coefficient (Wildman–Crippen LogP) is 2.34. The summed E-state index contributed by atoms with van der Waals surface area (Å²) in [7, 11) is 3.10. The van der Waals surface area contributed by atoms with E-state index in [1.165, 1.54) is 0 Å². The number of benzene rings is 1. The number of hydrogen-bond acceptors (Lipinski definition) is 5. The molecule has 0 amide bonds. The van der Waals surface area contributed by atoms with Gasteiger partial charge in [-0.05, 0) is 18.1 Å². The van der Waals surface area contributed by atoms with Crippen LogP contribution in [-0.2, 0) is 9.47 Å². The molecule has 0 bridgehead atoms. The minimum Gasteiger partial charge on any atom is -0.467 e. The lowest BCUT2D eigenvalue weighted by Gasteiger charge is -2.19. The van der Waals surface area contributed by atoms with Gasteiger partial charge in [0.2, 0.25) is 0 Å². The van der Waals surface area contributed by atoms with Crippen LogP contribution in [0.1, 0.15) is 25.5 Å². The standard InChI is InChI=1S/C14H22O5/c1-10(2)14(15)12-6-5-11(18-8-16-3)7-13(12)19-9-17-4/h5-7,10,14-15H,8-9H2,1-4H3. The first-order valence-electron chi connectivity index (χ1n) is 6.15. The quantitative estimate of drug-likeness (QED) is 0.735. The lowest BCUT2D eigenvalue weighted by molar-refractivity contribution is 0.0425. The van der Waals surface area contributed by atoms with E-state index in [2.05, 4.69) is 0 Å². The molecule has 0 aromatic heterocycles. The number of ether oxygens (including phenoxy) is 4. The third-order valence-electron chi connectivity index (χ3n) is 2.61. The first kappa shape index (κ1) is 15.8. The van der Waals surface area contributed by atoms with Crippen molar-refractivity contribution < 1.29 is 24.1 Å². The van der Waals surface area contributed by atoms with Crippen LogP contribution in [0.25, 0.3) is 0 Å². The second-order valence-corrected chi connectivity index (χ2v) is 4.49. The maximum Gasteiger partial charge on any atom is 0.188 e. The van der Waals surface area contributed by atoms with Crippen LogP contribution < -0.4 is 9.47 Å². The van der Waals surface area contributed by atoms with Crippen LogP contribution in [0.4, 0.5) is 0 Å². The number of hydrogen-bond donors (Lipinski definition) is 1. The normalized spacial score (nSPS) is 12.5. The lowest BCUT2D eigenvalue weighted by Crippen LogP contribution is -2.10. The monoisotopic (exact) mass is 270 g/mol. The van der Waals surface area contributed by atoms with Crippen LogP contribution in [0.15, 0.2) is 18.2 Å². The molecule has 0 spiro atoms. The summed E-state index contributed by atoms with van der Waals surface area (Å²) >= 11 is 0. The predicted molar refractivity (Wildman–Crippen MR) is 71.2 cm³/mol. The van der Waals surface area contributed by atoms with E-state index in [4.69, 9.17) is 18.9 Å². The van der Waals surface area contributed by atoms with E-state index in [1.807, 2.05) is 13.8 Å². The van der Waals surface area contributed by atoms with E-state index in [1.54, 1.807) is 32.4 Å². The topological polar surface area (TPSA) is 57.2 Å². The van der Waals surface area contributed by atoms with Crippen molar-refractivity contribution in [2.45, 2.75) is 20.0 Å². The zero-order valence-corrected chi connectivity index (χ0v) is 11.9. The van der Waals surface area contributed by atoms with E-state index in [-0.39, 0.29) is 19.5 Å². The summed E-state index contributed by atoms with van der Waals surface area (Å²) in [6.07, 6.45) is -0.594.